The minimum Gasteiger partial charge on any atom is -0.357 e. The van der Waals surface area contributed by atoms with Crippen molar-refractivity contribution < 1.29 is 4.39 Å². The Kier molecular flexibility index (Phi) is 11.8. The summed E-state index contributed by atoms with van der Waals surface area (Å²) in [4.78, 5) is 4.52. The lowest BCUT2D eigenvalue weighted by Crippen LogP contribution is -2.38. The molecule has 0 aromatic heterocycles. The van der Waals surface area contributed by atoms with Gasteiger partial charge in [-0.25, -0.2) is 4.39 Å². The van der Waals surface area contributed by atoms with Crippen LogP contribution in [0.15, 0.2) is 29.3 Å². The third-order valence-electron chi connectivity index (χ3n) is 2.90. The van der Waals surface area contributed by atoms with Crippen LogP contribution in [0.2, 0.25) is 0 Å². The topological polar surface area (TPSA) is 36.4 Å². The fraction of sp³-hybridized carbons (Fsp3) is 0.533. The molecular weight excluding hydrogens is 400 g/mol. The van der Waals surface area contributed by atoms with Gasteiger partial charge in [0.15, 0.2) is 5.96 Å². The molecule has 0 fully saturated rings. The van der Waals surface area contributed by atoms with E-state index >= 15 is 0 Å². The summed E-state index contributed by atoms with van der Waals surface area (Å²) in [7, 11) is 0. The standard InChI is InChI=1S/C15H24FN3S.HI/c1-4-17-15(19-11-12(2)20-3)18-10-9-13-7-5-6-8-14(13)16;/h5-8,12H,4,9-11H2,1-3H3,(H2,17,18,19);1H. The predicted octanol–water partition coefficient (Wildman–Crippen LogP) is 3.29. The first-order valence-electron chi connectivity index (χ1n) is 6.95. The van der Waals surface area contributed by atoms with Crippen molar-refractivity contribution in [2.45, 2.75) is 25.5 Å². The molecule has 0 aliphatic rings. The van der Waals surface area contributed by atoms with E-state index in [0.29, 0.717) is 18.2 Å². The van der Waals surface area contributed by atoms with Crippen molar-refractivity contribution >= 4 is 41.7 Å². The summed E-state index contributed by atoms with van der Waals surface area (Å²) in [6, 6.07) is 6.88. The van der Waals surface area contributed by atoms with Gasteiger partial charge < -0.3 is 10.6 Å². The summed E-state index contributed by atoms with van der Waals surface area (Å²) < 4.78 is 13.5. The molecule has 0 aliphatic carbocycles. The largest absolute Gasteiger partial charge is 0.357 e. The molecule has 0 aliphatic heterocycles. The van der Waals surface area contributed by atoms with Gasteiger partial charge in [-0.3, -0.25) is 4.99 Å². The number of halogens is 2. The Balaban J connectivity index is 0.00000400. The zero-order valence-corrected chi connectivity index (χ0v) is 16.0. The number of rotatable bonds is 7. The molecular formula is C15H25FIN3S. The quantitative estimate of drug-likeness (QED) is 0.400. The third kappa shape index (κ3) is 8.50. The zero-order valence-electron chi connectivity index (χ0n) is 12.9. The van der Waals surface area contributed by atoms with E-state index in [0.717, 1.165) is 24.6 Å². The lowest BCUT2D eigenvalue weighted by molar-refractivity contribution is 0.606. The maximum atomic E-state index is 13.5. The van der Waals surface area contributed by atoms with E-state index in [1.54, 1.807) is 17.8 Å². The minimum absolute atomic E-state index is 0. The number of thioether (sulfide) groups is 1. The molecule has 3 nitrogen and oxygen atoms in total. The first-order chi connectivity index (χ1) is 9.67. The van der Waals surface area contributed by atoms with Crippen LogP contribution in [0.25, 0.3) is 0 Å². The van der Waals surface area contributed by atoms with Gasteiger partial charge in [0.05, 0.1) is 6.54 Å². The van der Waals surface area contributed by atoms with Crippen LogP contribution in [0.5, 0.6) is 0 Å². The lowest BCUT2D eigenvalue weighted by Gasteiger charge is -2.12. The van der Waals surface area contributed by atoms with Gasteiger partial charge in [0.1, 0.15) is 5.82 Å². The van der Waals surface area contributed by atoms with Crippen LogP contribution in [0.4, 0.5) is 4.39 Å². The van der Waals surface area contributed by atoms with Crippen molar-refractivity contribution in [3.8, 4) is 0 Å². The SMILES string of the molecule is CCNC(=NCC(C)SC)NCCc1ccccc1F.I. The van der Waals surface area contributed by atoms with Gasteiger partial charge in [-0.2, -0.15) is 11.8 Å². The summed E-state index contributed by atoms with van der Waals surface area (Å²) in [6.07, 6.45) is 2.73. The Hall–Kier alpha value is -0.500. The van der Waals surface area contributed by atoms with E-state index in [2.05, 4.69) is 28.8 Å². The van der Waals surface area contributed by atoms with E-state index < -0.39 is 0 Å². The number of hydrogen-bond acceptors (Lipinski definition) is 2. The average molecular weight is 425 g/mol. The third-order valence-corrected chi connectivity index (χ3v) is 3.85. The molecule has 0 bridgehead atoms. The minimum atomic E-state index is -0.146. The fourth-order valence-corrected chi connectivity index (χ4v) is 1.88. The van der Waals surface area contributed by atoms with Gasteiger partial charge in [0.2, 0.25) is 0 Å². The Labute approximate surface area is 148 Å². The van der Waals surface area contributed by atoms with Gasteiger partial charge >= 0.3 is 0 Å². The van der Waals surface area contributed by atoms with E-state index in [-0.39, 0.29) is 29.8 Å². The molecule has 0 radical (unpaired) electrons. The highest BCUT2D eigenvalue weighted by Crippen LogP contribution is 2.06. The highest BCUT2D eigenvalue weighted by molar-refractivity contribution is 14.0. The van der Waals surface area contributed by atoms with Crippen LogP contribution < -0.4 is 10.6 Å². The molecule has 0 heterocycles. The fourth-order valence-electron chi connectivity index (χ4n) is 1.65. The highest BCUT2D eigenvalue weighted by atomic mass is 127. The van der Waals surface area contributed by atoms with Crippen molar-refractivity contribution in [3.63, 3.8) is 0 Å². The molecule has 1 unspecified atom stereocenters. The normalized spacial score (nSPS) is 12.5. The van der Waals surface area contributed by atoms with Crippen molar-refractivity contribution in [1.82, 2.24) is 10.6 Å². The number of aliphatic imine (C=N–C) groups is 1. The van der Waals surface area contributed by atoms with Crippen molar-refractivity contribution in [3.05, 3.63) is 35.6 Å². The first kappa shape index (κ1) is 20.5. The summed E-state index contributed by atoms with van der Waals surface area (Å²) in [5.41, 5.74) is 0.730. The van der Waals surface area contributed by atoms with Gasteiger partial charge in [0, 0.05) is 18.3 Å². The second-order valence-corrected chi connectivity index (χ2v) is 5.81. The Morgan fingerprint density at radius 1 is 1.33 bits per heavy atom. The van der Waals surface area contributed by atoms with E-state index in [1.807, 2.05) is 19.1 Å². The molecule has 0 amide bonds. The number of guanidine groups is 1. The van der Waals surface area contributed by atoms with Crippen LogP contribution in [-0.2, 0) is 6.42 Å². The number of nitrogens with one attached hydrogen (secondary N) is 2. The molecule has 120 valence electrons. The van der Waals surface area contributed by atoms with E-state index in [1.165, 1.54) is 6.07 Å². The smallest absolute Gasteiger partial charge is 0.191 e. The molecule has 0 spiro atoms. The average Bonchev–Trinajstić information content (AvgIpc) is 2.46. The number of benzene rings is 1. The second kappa shape index (κ2) is 12.1. The van der Waals surface area contributed by atoms with Gasteiger partial charge in [0.25, 0.3) is 0 Å². The molecule has 2 N–H and O–H groups in total. The Bertz CT molecular complexity index is 429. The highest BCUT2D eigenvalue weighted by Gasteiger charge is 2.03. The summed E-state index contributed by atoms with van der Waals surface area (Å²) in [6.45, 7) is 6.44. The lowest BCUT2D eigenvalue weighted by atomic mass is 10.1. The molecule has 0 saturated carbocycles. The van der Waals surface area contributed by atoms with Crippen molar-refractivity contribution in [1.29, 1.82) is 0 Å². The van der Waals surface area contributed by atoms with E-state index in [9.17, 15) is 4.39 Å². The monoisotopic (exact) mass is 425 g/mol. The van der Waals surface area contributed by atoms with Crippen LogP contribution in [0.3, 0.4) is 0 Å². The zero-order chi connectivity index (χ0) is 14.8. The number of hydrogen-bond donors (Lipinski definition) is 2. The Morgan fingerprint density at radius 2 is 2.05 bits per heavy atom. The maximum absolute atomic E-state index is 13.5. The molecule has 1 atom stereocenters. The van der Waals surface area contributed by atoms with Crippen LogP contribution in [0, 0.1) is 5.82 Å². The first-order valence-corrected chi connectivity index (χ1v) is 8.24. The molecule has 1 aromatic carbocycles. The van der Waals surface area contributed by atoms with Crippen LogP contribution >= 0.6 is 35.7 Å². The van der Waals surface area contributed by atoms with E-state index in [4.69, 9.17) is 0 Å². The van der Waals surface area contributed by atoms with Gasteiger partial charge in [-0.05, 0) is 31.2 Å². The summed E-state index contributed by atoms with van der Waals surface area (Å²) in [5, 5.41) is 6.93. The molecule has 1 aromatic rings. The molecule has 21 heavy (non-hydrogen) atoms. The van der Waals surface area contributed by atoms with Gasteiger partial charge in [-0.15, -0.1) is 24.0 Å². The van der Waals surface area contributed by atoms with Crippen molar-refractivity contribution in [2.24, 2.45) is 4.99 Å². The predicted molar refractivity (Wildman–Crippen MR) is 102 cm³/mol. The van der Waals surface area contributed by atoms with Crippen molar-refractivity contribution in [2.75, 3.05) is 25.9 Å². The Morgan fingerprint density at radius 3 is 2.67 bits per heavy atom. The second-order valence-electron chi connectivity index (χ2n) is 4.53. The molecule has 1 rings (SSSR count). The number of nitrogens with zero attached hydrogens (tertiary/aromatic N) is 1. The summed E-state index contributed by atoms with van der Waals surface area (Å²) >= 11 is 1.80. The van der Waals surface area contributed by atoms with Crippen LogP contribution in [-0.4, -0.2) is 37.1 Å². The van der Waals surface area contributed by atoms with Gasteiger partial charge in [-0.1, -0.05) is 25.1 Å². The van der Waals surface area contributed by atoms with Crippen LogP contribution in [0.1, 0.15) is 19.4 Å². The molecule has 0 saturated heterocycles. The summed E-state index contributed by atoms with van der Waals surface area (Å²) in [5.74, 6) is 0.650. The molecule has 6 heteroatoms. The maximum Gasteiger partial charge on any atom is 0.191 e.